The molecule has 2 aromatic heterocycles. The average Bonchev–Trinajstić information content (AvgIpc) is 3.31. The lowest BCUT2D eigenvalue weighted by Gasteiger charge is -2.35. The number of H-pyrrole nitrogens is 1. The Bertz CT molecular complexity index is 1460. The van der Waals surface area contributed by atoms with Crippen molar-refractivity contribution in [1.29, 1.82) is 0 Å². The van der Waals surface area contributed by atoms with Crippen LogP contribution >= 0.6 is 0 Å². The number of hydrogen-bond acceptors (Lipinski definition) is 8. The summed E-state index contributed by atoms with van der Waals surface area (Å²) in [5, 5.41) is 14.3. The number of anilines is 4. The lowest BCUT2D eigenvalue weighted by Crippen LogP contribution is -2.48. The highest BCUT2D eigenvalue weighted by atomic mass is 16.5. The molecule has 0 bridgehead atoms. The summed E-state index contributed by atoms with van der Waals surface area (Å²) < 4.78 is 6.01. The average molecular weight is 499 g/mol. The molecular weight excluding hydrogens is 472 g/mol. The molecule has 3 heterocycles. The van der Waals surface area contributed by atoms with Crippen LogP contribution in [0.1, 0.15) is 6.92 Å². The maximum atomic E-state index is 11.8. The van der Waals surface area contributed by atoms with Gasteiger partial charge in [-0.25, -0.2) is 0 Å². The topological polar surface area (TPSA) is 128 Å². The zero-order valence-electron chi connectivity index (χ0n) is 20.3. The van der Waals surface area contributed by atoms with Crippen molar-refractivity contribution in [3.05, 3.63) is 67.3 Å². The van der Waals surface area contributed by atoms with Crippen molar-refractivity contribution >= 4 is 45.9 Å². The van der Waals surface area contributed by atoms with Crippen LogP contribution in [-0.2, 0) is 9.59 Å². The molecule has 2 aromatic carbocycles. The maximum Gasteiger partial charge on any atom is 0.325 e. The van der Waals surface area contributed by atoms with Crippen LogP contribution < -0.4 is 20.3 Å². The molecule has 0 aliphatic carbocycles. The zero-order valence-corrected chi connectivity index (χ0v) is 20.3. The molecule has 1 aliphatic rings. The van der Waals surface area contributed by atoms with Crippen LogP contribution in [0, 0.1) is 0 Å². The summed E-state index contributed by atoms with van der Waals surface area (Å²) in [6, 6.07) is 16.7. The monoisotopic (exact) mass is 498 g/mol. The van der Waals surface area contributed by atoms with Crippen LogP contribution in [0.5, 0.6) is 11.8 Å². The molecule has 0 spiro atoms. The summed E-state index contributed by atoms with van der Waals surface area (Å²) in [4.78, 5) is 36.5. The number of aromatic amines is 1. The number of amides is 2. The number of nitrogens with one attached hydrogen (secondary N) is 3. The van der Waals surface area contributed by atoms with Crippen LogP contribution in [0.4, 0.5) is 23.1 Å². The lowest BCUT2D eigenvalue weighted by atomic mass is 10.2. The number of rotatable bonds is 7. The van der Waals surface area contributed by atoms with E-state index in [-0.39, 0.29) is 17.8 Å². The van der Waals surface area contributed by atoms with Crippen molar-refractivity contribution in [2.24, 2.45) is 0 Å². The molecule has 2 amide bonds. The van der Waals surface area contributed by atoms with E-state index in [1.165, 1.54) is 6.08 Å². The summed E-state index contributed by atoms with van der Waals surface area (Å²) in [6.07, 6.45) is 1.20. The van der Waals surface area contributed by atoms with Crippen molar-refractivity contribution in [2.75, 3.05) is 41.7 Å². The van der Waals surface area contributed by atoms with Gasteiger partial charge in [0.05, 0.1) is 5.52 Å². The number of carbonyl (C=O) groups excluding carboxylic acids is 2. The zero-order chi connectivity index (χ0) is 25.8. The quantitative estimate of drug-likeness (QED) is 0.329. The number of para-hydroxylation sites is 1. The fraction of sp³-hybridized carbons (Fsp3) is 0.192. The minimum atomic E-state index is -0.321. The first-order chi connectivity index (χ1) is 18.0. The number of benzene rings is 2. The number of ether oxygens (including phenoxy) is 1. The molecule has 5 rings (SSSR count). The Hall–Kier alpha value is -4.93. The van der Waals surface area contributed by atoms with Gasteiger partial charge in [-0.2, -0.15) is 15.1 Å². The van der Waals surface area contributed by atoms with Crippen molar-refractivity contribution in [2.45, 2.75) is 6.92 Å². The van der Waals surface area contributed by atoms with Crippen LogP contribution in [0.25, 0.3) is 10.9 Å². The smallest absolute Gasteiger partial charge is 0.325 e. The van der Waals surface area contributed by atoms with E-state index in [1.807, 2.05) is 35.2 Å². The van der Waals surface area contributed by atoms with Gasteiger partial charge < -0.3 is 25.2 Å². The number of fused-ring (bicyclic) bond motifs is 1. The van der Waals surface area contributed by atoms with Gasteiger partial charge in [0.25, 0.3) is 0 Å². The second-order valence-electron chi connectivity index (χ2n) is 8.45. The van der Waals surface area contributed by atoms with E-state index in [0.717, 1.165) is 10.9 Å². The third-order valence-electron chi connectivity index (χ3n) is 5.95. The van der Waals surface area contributed by atoms with Gasteiger partial charge >= 0.3 is 6.01 Å². The second kappa shape index (κ2) is 10.4. The number of piperazine rings is 1. The van der Waals surface area contributed by atoms with Crippen molar-refractivity contribution < 1.29 is 14.3 Å². The number of nitrogens with zero attached hydrogens (tertiary/aromatic N) is 5. The van der Waals surface area contributed by atoms with E-state index in [4.69, 9.17) is 4.74 Å². The van der Waals surface area contributed by atoms with E-state index in [1.54, 1.807) is 31.2 Å². The van der Waals surface area contributed by atoms with Gasteiger partial charge in [-0.1, -0.05) is 24.8 Å². The largest absolute Gasteiger partial charge is 0.424 e. The molecule has 4 aromatic rings. The summed E-state index contributed by atoms with van der Waals surface area (Å²) in [7, 11) is 0. The van der Waals surface area contributed by atoms with Gasteiger partial charge in [0, 0.05) is 56.3 Å². The predicted octanol–water partition coefficient (Wildman–Crippen LogP) is 3.68. The first kappa shape index (κ1) is 23.8. The molecule has 0 saturated carbocycles. The molecule has 188 valence electrons. The van der Waals surface area contributed by atoms with Crippen LogP contribution in [-0.4, -0.2) is 63.1 Å². The summed E-state index contributed by atoms with van der Waals surface area (Å²) >= 11 is 0. The molecule has 3 N–H and O–H groups in total. The molecular formula is C26H26N8O3. The maximum absolute atomic E-state index is 11.8. The third kappa shape index (κ3) is 5.50. The summed E-state index contributed by atoms with van der Waals surface area (Å²) in [6.45, 7) is 7.51. The van der Waals surface area contributed by atoms with Gasteiger partial charge in [-0.05, 0) is 30.3 Å². The van der Waals surface area contributed by atoms with E-state index in [9.17, 15) is 9.59 Å². The van der Waals surface area contributed by atoms with Gasteiger partial charge in [0.15, 0.2) is 5.82 Å². The van der Waals surface area contributed by atoms with Gasteiger partial charge in [0.2, 0.25) is 11.8 Å². The Morgan fingerprint density at radius 2 is 1.86 bits per heavy atom. The Balaban J connectivity index is 1.44. The molecule has 11 nitrogen and oxygen atoms in total. The second-order valence-corrected chi connectivity index (χ2v) is 8.45. The molecule has 37 heavy (non-hydrogen) atoms. The van der Waals surface area contributed by atoms with Crippen LogP contribution in [0.3, 0.4) is 0 Å². The minimum absolute atomic E-state index is 0.0579. The fourth-order valence-electron chi connectivity index (χ4n) is 4.05. The number of aromatic nitrogens is 4. The molecule has 1 saturated heterocycles. The summed E-state index contributed by atoms with van der Waals surface area (Å²) in [5.41, 5.74) is 1.45. The molecule has 0 unspecified atom stereocenters. The molecule has 0 atom stereocenters. The van der Waals surface area contributed by atoms with Crippen molar-refractivity contribution in [3.8, 4) is 11.8 Å². The van der Waals surface area contributed by atoms with Gasteiger partial charge in [0.1, 0.15) is 17.4 Å². The molecule has 1 aliphatic heterocycles. The van der Waals surface area contributed by atoms with Crippen LogP contribution in [0.15, 0.2) is 67.3 Å². The Labute approximate surface area is 213 Å². The highest BCUT2D eigenvalue weighted by Crippen LogP contribution is 2.29. The van der Waals surface area contributed by atoms with E-state index >= 15 is 0 Å². The molecule has 1 fully saturated rings. The third-order valence-corrected chi connectivity index (χ3v) is 5.95. The Morgan fingerprint density at radius 1 is 1.05 bits per heavy atom. The molecule has 0 radical (unpaired) electrons. The molecule has 11 heteroatoms. The SMILES string of the molecule is C=CC(=O)Nc1cccc(Oc2nc(Nc3n[nH]c4ccccc34)cc(N3CCN(C(C)=O)CC3)n2)c1. The van der Waals surface area contributed by atoms with Crippen molar-refractivity contribution in [3.63, 3.8) is 0 Å². The van der Waals surface area contributed by atoms with E-state index in [2.05, 4.69) is 42.3 Å². The predicted molar refractivity (Wildman–Crippen MR) is 141 cm³/mol. The number of hydrogen-bond donors (Lipinski definition) is 3. The van der Waals surface area contributed by atoms with E-state index in [0.29, 0.717) is 55.1 Å². The van der Waals surface area contributed by atoms with Crippen molar-refractivity contribution in [1.82, 2.24) is 25.1 Å². The summed E-state index contributed by atoms with van der Waals surface area (Å²) in [5.74, 6) is 1.98. The lowest BCUT2D eigenvalue weighted by molar-refractivity contribution is -0.129. The highest BCUT2D eigenvalue weighted by Gasteiger charge is 2.21. The Kier molecular flexibility index (Phi) is 6.66. The fourth-order valence-corrected chi connectivity index (χ4v) is 4.05. The number of carbonyl (C=O) groups is 2. The van der Waals surface area contributed by atoms with Crippen LogP contribution in [0.2, 0.25) is 0 Å². The Morgan fingerprint density at radius 3 is 2.65 bits per heavy atom. The first-order valence-corrected chi connectivity index (χ1v) is 11.8. The first-order valence-electron chi connectivity index (χ1n) is 11.8. The van der Waals surface area contributed by atoms with Gasteiger partial charge in [-0.15, -0.1) is 0 Å². The van der Waals surface area contributed by atoms with E-state index < -0.39 is 0 Å². The highest BCUT2D eigenvalue weighted by molar-refractivity contribution is 5.99. The minimum Gasteiger partial charge on any atom is -0.424 e. The van der Waals surface area contributed by atoms with Gasteiger partial charge in [-0.3, -0.25) is 14.7 Å². The standard InChI is InChI=1S/C26H26N8O3/c1-3-24(36)27-18-7-6-8-19(15-18)37-26-29-22(28-25-20-9-4-5-10-21(20)31-32-25)16-23(30-26)34-13-11-33(12-14-34)17(2)35/h3-10,15-16H,1,11-14H2,2H3,(H,27,36)(H2,28,29,30,31,32). The normalized spacial score (nSPS) is 13.3.